The van der Waals surface area contributed by atoms with Crippen LogP contribution in [-0.2, 0) is 0 Å². The fraction of sp³-hybridized carbons (Fsp3) is 1.00. The van der Waals surface area contributed by atoms with Crippen LogP contribution in [0, 0.1) is 23.7 Å². The molecule has 0 saturated heterocycles. The third-order valence-corrected chi connectivity index (χ3v) is 5.06. The van der Waals surface area contributed by atoms with Gasteiger partial charge in [-0.15, -0.1) is 0 Å². The van der Waals surface area contributed by atoms with Gasteiger partial charge in [-0.1, -0.05) is 39.0 Å². The maximum Gasteiger partial charge on any atom is -0.00461 e. The van der Waals surface area contributed by atoms with Gasteiger partial charge >= 0.3 is 0 Å². The molecule has 0 amide bonds. The zero-order valence-corrected chi connectivity index (χ0v) is 10.3. The molecule has 0 aromatic rings. The molecule has 0 aliphatic heterocycles. The highest BCUT2D eigenvalue weighted by Crippen LogP contribution is 2.45. The number of hydrogen-bond donors (Lipinski definition) is 1. The van der Waals surface area contributed by atoms with E-state index in [9.17, 15) is 0 Å². The first-order valence-electron chi connectivity index (χ1n) is 7.06. The van der Waals surface area contributed by atoms with Crippen molar-refractivity contribution >= 4 is 0 Å². The van der Waals surface area contributed by atoms with Crippen LogP contribution in [0.2, 0.25) is 0 Å². The first kappa shape index (κ1) is 11.4. The minimum absolute atomic E-state index is 0.863. The Kier molecular flexibility index (Phi) is 4.07. The Labute approximate surface area is 94.8 Å². The fourth-order valence-electron chi connectivity index (χ4n) is 4.23. The molecule has 2 rings (SSSR count). The van der Waals surface area contributed by atoms with Crippen LogP contribution >= 0.6 is 0 Å². The monoisotopic (exact) mass is 209 g/mol. The second-order valence-electron chi connectivity index (χ2n) is 5.71. The summed E-state index contributed by atoms with van der Waals surface area (Å²) in [6, 6.07) is 0. The molecule has 0 aromatic carbocycles. The van der Waals surface area contributed by atoms with Crippen LogP contribution in [0.3, 0.4) is 0 Å². The summed E-state index contributed by atoms with van der Waals surface area (Å²) in [5.74, 6) is 3.90. The lowest BCUT2D eigenvalue weighted by Gasteiger charge is -2.37. The predicted octanol–water partition coefficient (Wildman–Crippen LogP) is 3.58. The second kappa shape index (κ2) is 5.34. The standard InChI is InChI=1S/C14H27N/c1-2-11-6-3-4-8-13(11)14-9-5-7-12(14)10-15/h11-14H,2-10,15H2,1H3. The molecule has 2 aliphatic carbocycles. The van der Waals surface area contributed by atoms with Crippen molar-refractivity contribution in [3.63, 3.8) is 0 Å². The highest BCUT2D eigenvalue weighted by Gasteiger charge is 2.37. The molecule has 2 saturated carbocycles. The normalized spacial score (nSPS) is 42.0. The molecule has 1 nitrogen and oxygen atoms in total. The van der Waals surface area contributed by atoms with Crippen LogP contribution in [0.1, 0.15) is 58.3 Å². The lowest BCUT2D eigenvalue weighted by molar-refractivity contribution is 0.130. The van der Waals surface area contributed by atoms with Gasteiger partial charge in [-0.2, -0.15) is 0 Å². The smallest absolute Gasteiger partial charge is 0.00461 e. The van der Waals surface area contributed by atoms with Crippen molar-refractivity contribution in [2.75, 3.05) is 6.54 Å². The summed E-state index contributed by atoms with van der Waals surface area (Å²) < 4.78 is 0. The molecule has 0 spiro atoms. The summed E-state index contributed by atoms with van der Waals surface area (Å²) in [6.45, 7) is 3.33. The van der Waals surface area contributed by atoms with Crippen LogP contribution in [-0.4, -0.2) is 6.54 Å². The SMILES string of the molecule is CCC1CCCCC1C1CCCC1CN. The molecule has 0 bridgehead atoms. The maximum absolute atomic E-state index is 5.92. The maximum atomic E-state index is 5.92. The van der Waals surface area contributed by atoms with Gasteiger partial charge in [0, 0.05) is 0 Å². The van der Waals surface area contributed by atoms with Crippen molar-refractivity contribution in [2.24, 2.45) is 29.4 Å². The van der Waals surface area contributed by atoms with E-state index < -0.39 is 0 Å². The molecule has 2 aliphatic rings. The Morgan fingerprint density at radius 2 is 1.47 bits per heavy atom. The van der Waals surface area contributed by atoms with Crippen molar-refractivity contribution in [3.8, 4) is 0 Å². The lowest BCUT2D eigenvalue weighted by Crippen LogP contribution is -2.31. The van der Waals surface area contributed by atoms with Crippen LogP contribution in [0.25, 0.3) is 0 Å². The number of nitrogens with two attached hydrogens (primary N) is 1. The fourth-order valence-corrected chi connectivity index (χ4v) is 4.23. The number of rotatable bonds is 3. The first-order valence-corrected chi connectivity index (χ1v) is 7.06. The molecule has 0 radical (unpaired) electrons. The van der Waals surface area contributed by atoms with Crippen molar-refractivity contribution in [3.05, 3.63) is 0 Å². The topological polar surface area (TPSA) is 26.0 Å². The van der Waals surface area contributed by atoms with E-state index in [2.05, 4.69) is 6.92 Å². The summed E-state index contributed by atoms with van der Waals surface area (Å²) in [6.07, 6.45) is 11.7. The Hall–Kier alpha value is -0.0400. The molecule has 4 atom stereocenters. The minimum atomic E-state index is 0.863. The van der Waals surface area contributed by atoms with Gasteiger partial charge in [0.15, 0.2) is 0 Å². The molecule has 4 unspecified atom stereocenters. The van der Waals surface area contributed by atoms with Crippen molar-refractivity contribution in [1.29, 1.82) is 0 Å². The first-order chi connectivity index (χ1) is 7.36. The van der Waals surface area contributed by atoms with Gasteiger partial charge in [-0.25, -0.2) is 0 Å². The van der Waals surface area contributed by atoms with Crippen molar-refractivity contribution in [1.82, 2.24) is 0 Å². The van der Waals surface area contributed by atoms with E-state index in [4.69, 9.17) is 5.73 Å². The van der Waals surface area contributed by atoms with E-state index in [1.165, 1.54) is 51.4 Å². The highest BCUT2D eigenvalue weighted by molar-refractivity contribution is 4.88. The Morgan fingerprint density at radius 3 is 2.20 bits per heavy atom. The third kappa shape index (κ3) is 2.38. The van der Waals surface area contributed by atoms with E-state index in [0.717, 1.165) is 30.2 Å². The predicted molar refractivity (Wildman–Crippen MR) is 65.6 cm³/mol. The highest BCUT2D eigenvalue weighted by atomic mass is 14.6. The molecule has 88 valence electrons. The number of hydrogen-bond acceptors (Lipinski definition) is 1. The average Bonchev–Trinajstić information content (AvgIpc) is 2.76. The van der Waals surface area contributed by atoms with E-state index in [1.54, 1.807) is 0 Å². The molecule has 0 aromatic heterocycles. The van der Waals surface area contributed by atoms with Crippen LogP contribution in [0.5, 0.6) is 0 Å². The van der Waals surface area contributed by atoms with Crippen molar-refractivity contribution in [2.45, 2.75) is 58.3 Å². The van der Waals surface area contributed by atoms with Gasteiger partial charge < -0.3 is 5.73 Å². The third-order valence-electron chi connectivity index (χ3n) is 5.06. The van der Waals surface area contributed by atoms with Gasteiger partial charge in [0.25, 0.3) is 0 Å². The summed E-state index contributed by atoms with van der Waals surface area (Å²) in [5, 5.41) is 0. The molecule has 2 fully saturated rings. The van der Waals surface area contributed by atoms with Crippen LogP contribution in [0.4, 0.5) is 0 Å². The van der Waals surface area contributed by atoms with E-state index in [1.807, 2.05) is 0 Å². The molecule has 0 heterocycles. The Balaban J connectivity index is 1.99. The summed E-state index contributed by atoms with van der Waals surface area (Å²) in [7, 11) is 0. The zero-order valence-electron chi connectivity index (χ0n) is 10.3. The molecule has 15 heavy (non-hydrogen) atoms. The Bertz CT molecular complexity index is 190. The van der Waals surface area contributed by atoms with Gasteiger partial charge in [0.1, 0.15) is 0 Å². The lowest BCUT2D eigenvalue weighted by atomic mass is 9.68. The van der Waals surface area contributed by atoms with Crippen LogP contribution in [0.15, 0.2) is 0 Å². The van der Waals surface area contributed by atoms with Gasteiger partial charge in [0.2, 0.25) is 0 Å². The molecule has 2 N–H and O–H groups in total. The minimum Gasteiger partial charge on any atom is -0.330 e. The van der Waals surface area contributed by atoms with E-state index in [0.29, 0.717) is 0 Å². The zero-order chi connectivity index (χ0) is 10.7. The molecule has 1 heteroatoms. The van der Waals surface area contributed by atoms with Gasteiger partial charge in [-0.3, -0.25) is 0 Å². The largest absolute Gasteiger partial charge is 0.330 e. The average molecular weight is 209 g/mol. The molecular weight excluding hydrogens is 182 g/mol. The van der Waals surface area contributed by atoms with Crippen LogP contribution < -0.4 is 5.73 Å². The van der Waals surface area contributed by atoms with Gasteiger partial charge in [0.05, 0.1) is 0 Å². The van der Waals surface area contributed by atoms with E-state index in [-0.39, 0.29) is 0 Å². The summed E-state index contributed by atoms with van der Waals surface area (Å²) >= 11 is 0. The Morgan fingerprint density at radius 1 is 0.867 bits per heavy atom. The van der Waals surface area contributed by atoms with Gasteiger partial charge in [-0.05, 0) is 49.5 Å². The quantitative estimate of drug-likeness (QED) is 0.755. The van der Waals surface area contributed by atoms with Crippen molar-refractivity contribution < 1.29 is 0 Å². The summed E-state index contributed by atoms with van der Waals surface area (Å²) in [4.78, 5) is 0. The molecular formula is C14H27N. The van der Waals surface area contributed by atoms with E-state index >= 15 is 0 Å². The summed E-state index contributed by atoms with van der Waals surface area (Å²) in [5.41, 5.74) is 5.92. The second-order valence-corrected chi connectivity index (χ2v) is 5.71.